The van der Waals surface area contributed by atoms with Crippen LogP contribution in [0.3, 0.4) is 0 Å². The highest BCUT2D eigenvalue weighted by molar-refractivity contribution is 7.86. The molecular formula is C9H9NO4S. The second-order valence-corrected chi connectivity index (χ2v) is 4.41. The van der Waals surface area contributed by atoms with Crippen LogP contribution < -0.4 is 4.18 Å². The van der Waals surface area contributed by atoms with Gasteiger partial charge in [0.1, 0.15) is 5.75 Å². The summed E-state index contributed by atoms with van der Waals surface area (Å²) < 4.78 is 26.2. The molecule has 0 spiro atoms. The number of isocyanates is 1. The minimum atomic E-state index is -3.49. The van der Waals surface area contributed by atoms with Crippen LogP contribution in [0, 0.1) is 0 Å². The van der Waals surface area contributed by atoms with Crippen molar-refractivity contribution in [1.82, 2.24) is 0 Å². The molecule has 0 aliphatic carbocycles. The van der Waals surface area contributed by atoms with Gasteiger partial charge in [0.15, 0.2) is 0 Å². The van der Waals surface area contributed by atoms with Gasteiger partial charge >= 0.3 is 10.1 Å². The van der Waals surface area contributed by atoms with Gasteiger partial charge in [0.25, 0.3) is 0 Å². The predicted octanol–water partition coefficient (Wildman–Crippen LogP) is 0.861. The van der Waals surface area contributed by atoms with Crippen LogP contribution in [0.2, 0.25) is 0 Å². The van der Waals surface area contributed by atoms with E-state index < -0.39 is 10.1 Å². The summed E-state index contributed by atoms with van der Waals surface area (Å²) in [6.45, 7) is 0.225. The van der Waals surface area contributed by atoms with Crippen molar-refractivity contribution in [3.8, 4) is 5.75 Å². The number of hydrogen-bond acceptors (Lipinski definition) is 5. The summed E-state index contributed by atoms with van der Waals surface area (Å²) in [6, 6.07) is 6.25. The highest BCUT2D eigenvalue weighted by Gasteiger charge is 2.03. The second kappa shape index (κ2) is 4.72. The highest BCUT2D eigenvalue weighted by Crippen LogP contribution is 2.14. The lowest BCUT2D eigenvalue weighted by Crippen LogP contribution is -2.05. The first-order valence-corrected chi connectivity index (χ1v) is 5.85. The van der Waals surface area contributed by atoms with E-state index in [1.807, 2.05) is 0 Å². The van der Waals surface area contributed by atoms with Crippen LogP contribution in [0.15, 0.2) is 29.3 Å². The lowest BCUT2D eigenvalue weighted by molar-refractivity contribution is 0.493. The average Bonchev–Trinajstić information content (AvgIpc) is 2.14. The van der Waals surface area contributed by atoms with Crippen LogP contribution >= 0.6 is 0 Å². The smallest absolute Gasteiger partial charge is 0.306 e. The van der Waals surface area contributed by atoms with E-state index in [1.165, 1.54) is 18.2 Å². The van der Waals surface area contributed by atoms with Crippen molar-refractivity contribution in [3.63, 3.8) is 0 Å². The van der Waals surface area contributed by atoms with Crippen molar-refractivity contribution < 1.29 is 17.4 Å². The molecule has 1 aromatic carbocycles. The van der Waals surface area contributed by atoms with E-state index in [0.717, 1.165) is 11.8 Å². The number of nitrogens with zero attached hydrogens (tertiary/aromatic N) is 1. The molecule has 0 aromatic heterocycles. The van der Waals surface area contributed by atoms with E-state index in [-0.39, 0.29) is 12.3 Å². The van der Waals surface area contributed by atoms with E-state index in [0.29, 0.717) is 0 Å². The van der Waals surface area contributed by atoms with Gasteiger partial charge in [-0.25, -0.2) is 9.79 Å². The van der Waals surface area contributed by atoms with Crippen molar-refractivity contribution in [2.45, 2.75) is 6.54 Å². The fourth-order valence-corrected chi connectivity index (χ4v) is 1.41. The molecule has 0 fully saturated rings. The van der Waals surface area contributed by atoms with Gasteiger partial charge in [-0.1, -0.05) is 12.1 Å². The maximum absolute atomic E-state index is 10.8. The lowest BCUT2D eigenvalue weighted by atomic mass is 10.2. The average molecular weight is 227 g/mol. The summed E-state index contributed by atoms with van der Waals surface area (Å²) in [5.41, 5.74) is 0.777. The van der Waals surface area contributed by atoms with Crippen LogP contribution in [0.5, 0.6) is 5.75 Å². The van der Waals surface area contributed by atoms with Crippen LogP contribution in [-0.2, 0) is 21.5 Å². The number of benzene rings is 1. The summed E-state index contributed by atoms with van der Waals surface area (Å²) in [6.07, 6.45) is 2.39. The van der Waals surface area contributed by atoms with Crippen LogP contribution in [0.4, 0.5) is 0 Å². The van der Waals surface area contributed by atoms with Crippen molar-refractivity contribution in [3.05, 3.63) is 29.8 Å². The first-order chi connectivity index (χ1) is 7.01. The van der Waals surface area contributed by atoms with Crippen molar-refractivity contribution >= 4 is 16.2 Å². The number of carbonyl (C=O) groups excluding carboxylic acids is 1. The molecule has 80 valence electrons. The monoisotopic (exact) mass is 227 g/mol. The van der Waals surface area contributed by atoms with Gasteiger partial charge in [0.2, 0.25) is 6.08 Å². The van der Waals surface area contributed by atoms with Crippen LogP contribution in [0.1, 0.15) is 5.56 Å². The predicted molar refractivity (Wildman–Crippen MR) is 53.7 cm³/mol. The molecule has 1 aromatic rings. The Morgan fingerprint density at radius 1 is 1.33 bits per heavy atom. The largest absolute Gasteiger partial charge is 0.383 e. The minimum absolute atomic E-state index is 0.225. The zero-order chi connectivity index (χ0) is 11.3. The van der Waals surface area contributed by atoms with Crippen molar-refractivity contribution in [1.29, 1.82) is 0 Å². The molecule has 1 rings (SSSR count). The summed E-state index contributed by atoms with van der Waals surface area (Å²) >= 11 is 0. The van der Waals surface area contributed by atoms with Gasteiger partial charge in [-0.05, 0) is 17.7 Å². The fraction of sp³-hybridized carbons (Fsp3) is 0.222. The molecule has 0 atom stereocenters. The highest BCUT2D eigenvalue weighted by atomic mass is 32.2. The van der Waals surface area contributed by atoms with Gasteiger partial charge in [0.05, 0.1) is 12.8 Å². The quantitative estimate of drug-likeness (QED) is 0.434. The van der Waals surface area contributed by atoms with E-state index in [9.17, 15) is 13.2 Å². The van der Waals surface area contributed by atoms with Gasteiger partial charge in [-0.2, -0.15) is 8.42 Å². The number of aliphatic imine (C=N–C) groups is 1. The Morgan fingerprint density at radius 2 is 1.93 bits per heavy atom. The Hall–Kier alpha value is -1.65. The molecule has 0 amide bonds. The third kappa shape index (κ3) is 4.39. The van der Waals surface area contributed by atoms with E-state index in [1.54, 1.807) is 12.1 Å². The summed E-state index contributed by atoms with van der Waals surface area (Å²) in [7, 11) is -3.49. The van der Waals surface area contributed by atoms with Gasteiger partial charge in [-0.15, -0.1) is 0 Å². The summed E-state index contributed by atoms with van der Waals surface area (Å²) in [5, 5.41) is 0. The Kier molecular flexibility index (Phi) is 3.60. The molecule has 0 saturated carbocycles. The number of rotatable bonds is 4. The van der Waals surface area contributed by atoms with Crippen molar-refractivity contribution in [2.75, 3.05) is 6.26 Å². The minimum Gasteiger partial charge on any atom is -0.383 e. The first kappa shape index (κ1) is 11.4. The second-order valence-electron chi connectivity index (χ2n) is 2.84. The van der Waals surface area contributed by atoms with Crippen LogP contribution in [-0.4, -0.2) is 20.8 Å². The lowest BCUT2D eigenvalue weighted by Gasteiger charge is -2.02. The third-order valence-electron chi connectivity index (χ3n) is 1.50. The Balaban J connectivity index is 2.76. The first-order valence-electron chi connectivity index (χ1n) is 4.03. The zero-order valence-electron chi connectivity index (χ0n) is 8.00. The maximum Gasteiger partial charge on any atom is 0.306 e. The molecule has 6 heteroatoms. The van der Waals surface area contributed by atoms with E-state index in [4.69, 9.17) is 0 Å². The Bertz CT molecular complexity index is 471. The molecular weight excluding hydrogens is 218 g/mol. The Labute approximate surface area is 87.5 Å². The van der Waals surface area contributed by atoms with Crippen LogP contribution in [0.25, 0.3) is 0 Å². The molecule has 0 radical (unpaired) electrons. The molecule has 0 saturated heterocycles. The van der Waals surface area contributed by atoms with Gasteiger partial charge in [-0.3, -0.25) is 0 Å². The molecule has 0 aliphatic rings. The molecule has 0 aliphatic heterocycles. The standard InChI is InChI=1S/C9H9NO4S/c1-15(12,13)14-9-4-2-8(3-5-9)6-10-7-11/h2-5H,6H2,1H3. The molecule has 0 bridgehead atoms. The molecule has 0 N–H and O–H groups in total. The number of hydrogen-bond donors (Lipinski definition) is 0. The summed E-state index contributed by atoms with van der Waals surface area (Å²) in [4.78, 5) is 13.2. The molecule has 0 unspecified atom stereocenters. The van der Waals surface area contributed by atoms with Gasteiger partial charge < -0.3 is 4.18 Å². The fourth-order valence-electron chi connectivity index (χ4n) is 0.949. The van der Waals surface area contributed by atoms with E-state index in [2.05, 4.69) is 9.18 Å². The third-order valence-corrected chi connectivity index (χ3v) is 1.99. The van der Waals surface area contributed by atoms with Gasteiger partial charge in [0, 0.05) is 0 Å². The molecule has 5 nitrogen and oxygen atoms in total. The topological polar surface area (TPSA) is 72.8 Å². The zero-order valence-corrected chi connectivity index (χ0v) is 8.82. The maximum atomic E-state index is 10.8. The molecule has 0 heterocycles. The normalized spacial score (nSPS) is 10.5. The SMILES string of the molecule is CS(=O)(=O)Oc1ccc(CN=C=O)cc1. The Morgan fingerprint density at radius 3 is 2.40 bits per heavy atom. The van der Waals surface area contributed by atoms with Crippen molar-refractivity contribution in [2.24, 2.45) is 4.99 Å². The summed E-state index contributed by atoms with van der Waals surface area (Å²) in [5.74, 6) is 0.233. The molecule has 15 heavy (non-hydrogen) atoms. The van der Waals surface area contributed by atoms with E-state index >= 15 is 0 Å².